The Hall–Kier alpha value is -2.60. The average Bonchev–Trinajstić information content (AvgIpc) is 3.26. The van der Waals surface area contributed by atoms with E-state index in [0.717, 1.165) is 34.8 Å². The van der Waals surface area contributed by atoms with Crippen LogP contribution in [0.2, 0.25) is 0 Å². The van der Waals surface area contributed by atoms with E-state index in [-0.39, 0.29) is 5.91 Å². The van der Waals surface area contributed by atoms with Crippen LogP contribution < -0.4 is 10.1 Å². The van der Waals surface area contributed by atoms with Crippen LogP contribution >= 0.6 is 11.3 Å². The lowest BCUT2D eigenvalue weighted by molar-refractivity contribution is 0.102. The van der Waals surface area contributed by atoms with Crippen molar-refractivity contribution in [1.82, 2.24) is 10.2 Å². The molecule has 0 radical (unpaired) electrons. The Bertz CT molecular complexity index is 825. The molecule has 0 saturated heterocycles. The lowest BCUT2D eigenvalue weighted by Gasteiger charge is -2.08. The number of methoxy groups -OCH3 is 1. The zero-order valence-corrected chi connectivity index (χ0v) is 14.4. The van der Waals surface area contributed by atoms with Crippen molar-refractivity contribution in [2.24, 2.45) is 0 Å². The van der Waals surface area contributed by atoms with Crippen LogP contribution in [0.25, 0.3) is 10.6 Å². The van der Waals surface area contributed by atoms with Gasteiger partial charge in [0.1, 0.15) is 11.4 Å². The van der Waals surface area contributed by atoms with Gasteiger partial charge in [-0.1, -0.05) is 25.5 Å². The number of nitrogens with one attached hydrogen (secondary N) is 2. The first-order valence-corrected chi connectivity index (χ1v) is 8.67. The van der Waals surface area contributed by atoms with Crippen molar-refractivity contribution in [3.05, 3.63) is 53.0 Å². The second-order valence-corrected chi connectivity index (χ2v) is 6.29. The SMILES string of the molecule is CCCc1[nH]nc(-c2cccs2)c1NC(=O)c1cccc(OC)c1. The molecule has 6 heteroatoms. The van der Waals surface area contributed by atoms with Gasteiger partial charge < -0.3 is 10.1 Å². The van der Waals surface area contributed by atoms with Crippen molar-refractivity contribution in [3.63, 3.8) is 0 Å². The minimum atomic E-state index is -0.176. The average molecular weight is 341 g/mol. The van der Waals surface area contributed by atoms with Crippen molar-refractivity contribution in [2.75, 3.05) is 12.4 Å². The molecule has 0 bridgehead atoms. The molecule has 0 atom stereocenters. The maximum Gasteiger partial charge on any atom is 0.255 e. The fraction of sp³-hybridized carbons (Fsp3) is 0.222. The molecule has 2 aromatic heterocycles. The van der Waals surface area contributed by atoms with Gasteiger partial charge in [0.2, 0.25) is 0 Å². The van der Waals surface area contributed by atoms with Crippen molar-refractivity contribution in [2.45, 2.75) is 19.8 Å². The highest BCUT2D eigenvalue weighted by Crippen LogP contribution is 2.33. The van der Waals surface area contributed by atoms with Gasteiger partial charge in [0, 0.05) is 5.56 Å². The number of hydrogen-bond acceptors (Lipinski definition) is 4. The van der Waals surface area contributed by atoms with E-state index in [0.29, 0.717) is 11.3 Å². The first kappa shape index (κ1) is 16.3. The summed E-state index contributed by atoms with van der Waals surface area (Å²) in [6.45, 7) is 2.10. The Morgan fingerprint density at radius 2 is 2.21 bits per heavy atom. The molecule has 124 valence electrons. The number of rotatable bonds is 6. The Morgan fingerprint density at radius 3 is 2.92 bits per heavy atom. The van der Waals surface area contributed by atoms with Crippen molar-refractivity contribution in [3.8, 4) is 16.3 Å². The Balaban J connectivity index is 1.93. The maximum absolute atomic E-state index is 12.7. The van der Waals surface area contributed by atoms with E-state index in [9.17, 15) is 4.79 Å². The fourth-order valence-electron chi connectivity index (χ4n) is 2.49. The Morgan fingerprint density at radius 1 is 1.33 bits per heavy atom. The van der Waals surface area contributed by atoms with E-state index in [4.69, 9.17) is 4.74 Å². The van der Waals surface area contributed by atoms with Crippen LogP contribution in [0.1, 0.15) is 29.4 Å². The van der Waals surface area contributed by atoms with E-state index in [1.165, 1.54) is 0 Å². The number of ether oxygens (including phenoxy) is 1. The first-order valence-electron chi connectivity index (χ1n) is 7.79. The molecule has 5 nitrogen and oxygen atoms in total. The molecular formula is C18H19N3O2S. The number of benzene rings is 1. The van der Waals surface area contributed by atoms with Crippen LogP contribution in [0.3, 0.4) is 0 Å². The molecular weight excluding hydrogens is 322 g/mol. The van der Waals surface area contributed by atoms with Gasteiger partial charge in [-0.05, 0) is 36.1 Å². The summed E-state index contributed by atoms with van der Waals surface area (Å²) in [6, 6.07) is 11.1. The highest BCUT2D eigenvalue weighted by Gasteiger charge is 2.18. The molecule has 0 fully saturated rings. The molecule has 0 spiro atoms. The van der Waals surface area contributed by atoms with Crippen LogP contribution in [-0.2, 0) is 6.42 Å². The molecule has 3 aromatic rings. The third kappa shape index (κ3) is 3.33. The van der Waals surface area contributed by atoms with Gasteiger partial charge in [-0.2, -0.15) is 5.10 Å². The van der Waals surface area contributed by atoms with Gasteiger partial charge in [-0.3, -0.25) is 9.89 Å². The summed E-state index contributed by atoms with van der Waals surface area (Å²) in [5, 5.41) is 12.5. The number of carbonyl (C=O) groups excluding carboxylic acids is 1. The predicted octanol–water partition coefficient (Wildman–Crippen LogP) is 4.35. The minimum Gasteiger partial charge on any atom is -0.497 e. The second kappa shape index (κ2) is 7.31. The van der Waals surface area contributed by atoms with Crippen LogP contribution in [0.5, 0.6) is 5.75 Å². The molecule has 0 unspecified atom stereocenters. The number of H-pyrrole nitrogens is 1. The summed E-state index contributed by atoms with van der Waals surface area (Å²) in [6.07, 6.45) is 1.79. The molecule has 0 aliphatic heterocycles. The minimum absolute atomic E-state index is 0.176. The molecule has 0 aliphatic carbocycles. The molecule has 24 heavy (non-hydrogen) atoms. The summed E-state index contributed by atoms with van der Waals surface area (Å²) in [4.78, 5) is 13.7. The molecule has 2 N–H and O–H groups in total. The number of aromatic amines is 1. The van der Waals surface area contributed by atoms with E-state index < -0.39 is 0 Å². The number of carbonyl (C=O) groups is 1. The summed E-state index contributed by atoms with van der Waals surface area (Å²) in [7, 11) is 1.58. The van der Waals surface area contributed by atoms with Crippen LogP contribution in [0, 0.1) is 0 Å². The molecule has 0 saturated carbocycles. The van der Waals surface area contributed by atoms with Crippen molar-refractivity contribution >= 4 is 22.9 Å². The van der Waals surface area contributed by atoms with Gasteiger partial charge >= 0.3 is 0 Å². The van der Waals surface area contributed by atoms with Gasteiger partial charge in [0.05, 0.1) is 23.4 Å². The zero-order chi connectivity index (χ0) is 16.9. The third-order valence-corrected chi connectivity index (χ3v) is 4.54. The number of aromatic nitrogens is 2. The van der Waals surface area contributed by atoms with E-state index >= 15 is 0 Å². The molecule has 1 amide bonds. The predicted molar refractivity (Wildman–Crippen MR) is 96.8 cm³/mol. The van der Waals surface area contributed by atoms with Gasteiger partial charge in [0.25, 0.3) is 5.91 Å². The van der Waals surface area contributed by atoms with Gasteiger partial charge in [-0.25, -0.2) is 0 Å². The Kier molecular flexibility index (Phi) is 4.96. The largest absolute Gasteiger partial charge is 0.497 e. The lowest BCUT2D eigenvalue weighted by Crippen LogP contribution is -2.13. The smallest absolute Gasteiger partial charge is 0.255 e. The molecule has 2 heterocycles. The standard InChI is InChI=1S/C18H19N3O2S/c1-3-6-14-16(17(21-20-14)15-9-5-10-24-15)19-18(22)12-7-4-8-13(11-12)23-2/h4-5,7-11H,3,6H2,1-2H3,(H,19,22)(H,20,21). The van der Waals surface area contributed by atoms with Crippen molar-refractivity contribution in [1.29, 1.82) is 0 Å². The van der Waals surface area contributed by atoms with E-state index in [1.807, 2.05) is 23.6 Å². The summed E-state index contributed by atoms with van der Waals surface area (Å²) >= 11 is 1.60. The maximum atomic E-state index is 12.7. The number of hydrogen-bond donors (Lipinski definition) is 2. The lowest BCUT2D eigenvalue weighted by atomic mass is 10.1. The third-order valence-electron chi connectivity index (χ3n) is 3.67. The van der Waals surface area contributed by atoms with Crippen LogP contribution in [-0.4, -0.2) is 23.2 Å². The number of amides is 1. The topological polar surface area (TPSA) is 67.0 Å². The van der Waals surface area contributed by atoms with Crippen LogP contribution in [0.15, 0.2) is 41.8 Å². The van der Waals surface area contributed by atoms with Gasteiger partial charge in [0.15, 0.2) is 0 Å². The highest BCUT2D eigenvalue weighted by molar-refractivity contribution is 7.13. The Labute approximate surface area is 144 Å². The second-order valence-electron chi connectivity index (χ2n) is 5.34. The van der Waals surface area contributed by atoms with Gasteiger partial charge in [-0.15, -0.1) is 11.3 Å². The number of aryl methyl sites for hydroxylation is 1. The first-order chi connectivity index (χ1) is 11.7. The fourth-order valence-corrected chi connectivity index (χ4v) is 3.21. The number of thiophene rings is 1. The summed E-state index contributed by atoms with van der Waals surface area (Å²) in [5.74, 6) is 0.479. The van der Waals surface area contributed by atoms with E-state index in [2.05, 4.69) is 22.4 Å². The molecule has 0 aliphatic rings. The monoisotopic (exact) mass is 341 g/mol. The molecule has 3 rings (SSSR count). The number of nitrogens with zero attached hydrogens (tertiary/aromatic N) is 1. The molecule has 1 aromatic carbocycles. The van der Waals surface area contributed by atoms with Crippen molar-refractivity contribution < 1.29 is 9.53 Å². The highest BCUT2D eigenvalue weighted by atomic mass is 32.1. The van der Waals surface area contributed by atoms with E-state index in [1.54, 1.807) is 36.6 Å². The quantitative estimate of drug-likeness (QED) is 0.700. The summed E-state index contributed by atoms with van der Waals surface area (Å²) < 4.78 is 5.19. The number of anilines is 1. The summed E-state index contributed by atoms with van der Waals surface area (Å²) in [5.41, 5.74) is 3.03. The normalized spacial score (nSPS) is 10.6. The van der Waals surface area contributed by atoms with Crippen LogP contribution in [0.4, 0.5) is 5.69 Å². The zero-order valence-electron chi connectivity index (χ0n) is 13.6.